The first-order valence-electron chi connectivity index (χ1n) is 7.37. The van der Waals surface area contributed by atoms with Crippen LogP contribution in [0.3, 0.4) is 0 Å². The minimum Gasteiger partial charge on any atom is -0.444 e. The van der Waals surface area contributed by atoms with Gasteiger partial charge in [-0.3, -0.25) is 0 Å². The third-order valence-electron chi connectivity index (χ3n) is 2.91. The van der Waals surface area contributed by atoms with Crippen LogP contribution in [0.2, 0.25) is 0 Å². The topological polar surface area (TPSA) is 73.6 Å². The second-order valence-electron chi connectivity index (χ2n) is 6.84. The Balaban J connectivity index is 4.30. The van der Waals surface area contributed by atoms with Crippen molar-refractivity contribution >= 4 is 6.09 Å². The Morgan fingerprint density at radius 3 is 2.15 bits per heavy atom. The van der Waals surface area contributed by atoms with E-state index >= 15 is 0 Å². The summed E-state index contributed by atoms with van der Waals surface area (Å²) in [6, 6.07) is -0.104. The zero-order valence-corrected chi connectivity index (χ0v) is 14.0. The molecule has 2 unspecified atom stereocenters. The highest BCUT2D eigenvalue weighted by molar-refractivity contribution is 5.67. The van der Waals surface area contributed by atoms with Gasteiger partial charge in [0.2, 0.25) is 0 Å². The second-order valence-corrected chi connectivity index (χ2v) is 6.84. The SMILES string of the molecule is CC(C)OCC(N)C(CNC(=O)OC(C)(C)C)C(C)C. The molecule has 120 valence electrons. The lowest BCUT2D eigenvalue weighted by Crippen LogP contribution is -2.45. The molecule has 0 spiro atoms. The maximum atomic E-state index is 11.7. The Morgan fingerprint density at radius 2 is 1.75 bits per heavy atom. The van der Waals surface area contributed by atoms with Gasteiger partial charge in [-0.2, -0.15) is 0 Å². The number of alkyl carbamates (subject to hydrolysis) is 1. The normalized spacial score (nSPS) is 15.3. The molecule has 0 heterocycles. The van der Waals surface area contributed by atoms with Crippen molar-refractivity contribution in [1.29, 1.82) is 0 Å². The molecule has 0 aromatic rings. The summed E-state index contributed by atoms with van der Waals surface area (Å²) in [4.78, 5) is 11.7. The van der Waals surface area contributed by atoms with Crippen molar-refractivity contribution in [1.82, 2.24) is 5.32 Å². The predicted molar refractivity (Wildman–Crippen MR) is 81.6 cm³/mol. The molecule has 20 heavy (non-hydrogen) atoms. The number of amides is 1. The van der Waals surface area contributed by atoms with Gasteiger partial charge in [0, 0.05) is 12.6 Å². The molecule has 0 radical (unpaired) electrons. The summed E-state index contributed by atoms with van der Waals surface area (Å²) in [6.07, 6.45) is -0.243. The van der Waals surface area contributed by atoms with Gasteiger partial charge in [0.15, 0.2) is 0 Å². The van der Waals surface area contributed by atoms with Crippen LogP contribution in [0.15, 0.2) is 0 Å². The molecular weight excluding hydrogens is 256 g/mol. The minimum atomic E-state index is -0.486. The van der Waals surface area contributed by atoms with E-state index in [-0.39, 0.29) is 18.1 Å². The minimum absolute atomic E-state index is 0.104. The van der Waals surface area contributed by atoms with Crippen LogP contribution in [0.25, 0.3) is 0 Å². The van der Waals surface area contributed by atoms with Gasteiger partial charge in [0.1, 0.15) is 5.60 Å². The quantitative estimate of drug-likeness (QED) is 0.755. The van der Waals surface area contributed by atoms with Crippen molar-refractivity contribution in [2.24, 2.45) is 17.6 Å². The predicted octanol–water partition coefficient (Wildman–Crippen LogP) is 2.54. The Morgan fingerprint density at radius 1 is 1.20 bits per heavy atom. The zero-order chi connectivity index (χ0) is 15.9. The lowest BCUT2D eigenvalue weighted by Gasteiger charge is -2.28. The molecule has 0 aromatic carbocycles. The van der Waals surface area contributed by atoms with Crippen LogP contribution in [0.4, 0.5) is 4.79 Å². The molecule has 1 amide bonds. The summed E-state index contributed by atoms with van der Waals surface area (Å²) in [5, 5.41) is 2.79. The molecule has 2 atom stereocenters. The van der Waals surface area contributed by atoms with Crippen LogP contribution in [0.1, 0.15) is 48.5 Å². The van der Waals surface area contributed by atoms with E-state index in [1.807, 2.05) is 34.6 Å². The highest BCUT2D eigenvalue weighted by Crippen LogP contribution is 2.15. The van der Waals surface area contributed by atoms with Crippen molar-refractivity contribution in [3.8, 4) is 0 Å². The van der Waals surface area contributed by atoms with Crippen LogP contribution in [-0.4, -0.2) is 37.0 Å². The third-order valence-corrected chi connectivity index (χ3v) is 2.91. The maximum absolute atomic E-state index is 11.7. The van der Waals surface area contributed by atoms with Gasteiger partial charge in [0.25, 0.3) is 0 Å². The van der Waals surface area contributed by atoms with Gasteiger partial charge in [-0.05, 0) is 46.5 Å². The van der Waals surface area contributed by atoms with E-state index in [1.54, 1.807) is 0 Å². The molecule has 0 saturated heterocycles. The fourth-order valence-electron chi connectivity index (χ4n) is 1.82. The van der Waals surface area contributed by atoms with E-state index in [1.165, 1.54) is 0 Å². The van der Waals surface area contributed by atoms with Crippen molar-refractivity contribution in [3.05, 3.63) is 0 Å². The van der Waals surface area contributed by atoms with Crippen LogP contribution < -0.4 is 11.1 Å². The Kier molecular flexibility index (Phi) is 8.13. The number of carbonyl (C=O) groups is 1. The standard InChI is InChI=1S/C15H32N2O3/c1-10(2)12(13(16)9-19-11(3)4)8-17-14(18)20-15(5,6)7/h10-13H,8-9,16H2,1-7H3,(H,17,18). The molecular formula is C15H32N2O3. The largest absolute Gasteiger partial charge is 0.444 e. The van der Waals surface area contributed by atoms with E-state index in [9.17, 15) is 4.79 Å². The Bertz CT molecular complexity index is 285. The van der Waals surface area contributed by atoms with Crippen molar-refractivity contribution < 1.29 is 14.3 Å². The molecule has 0 aliphatic heterocycles. The Hall–Kier alpha value is -0.810. The molecule has 0 aromatic heterocycles. The van der Waals surface area contributed by atoms with E-state index < -0.39 is 11.7 Å². The molecule has 0 saturated carbocycles. The molecule has 0 bridgehead atoms. The number of ether oxygens (including phenoxy) is 2. The molecule has 0 aliphatic carbocycles. The first kappa shape index (κ1) is 19.2. The molecule has 0 aliphatic rings. The molecule has 5 nitrogen and oxygen atoms in total. The lowest BCUT2D eigenvalue weighted by molar-refractivity contribution is 0.0427. The van der Waals surface area contributed by atoms with Crippen LogP contribution in [0.5, 0.6) is 0 Å². The molecule has 0 fully saturated rings. The summed E-state index contributed by atoms with van der Waals surface area (Å²) in [7, 11) is 0. The number of hydrogen-bond acceptors (Lipinski definition) is 4. The summed E-state index contributed by atoms with van der Waals surface area (Å²) >= 11 is 0. The molecule has 5 heteroatoms. The number of carbonyl (C=O) groups excluding carboxylic acids is 1. The first-order valence-corrected chi connectivity index (χ1v) is 7.37. The average Bonchev–Trinajstić information content (AvgIpc) is 2.23. The summed E-state index contributed by atoms with van der Waals surface area (Å²) in [6.45, 7) is 14.7. The highest BCUT2D eigenvalue weighted by atomic mass is 16.6. The number of hydrogen-bond donors (Lipinski definition) is 2. The average molecular weight is 288 g/mol. The number of nitrogens with one attached hydrogen (secondary N) is 1. The van der Waals surface area contributed by atoms with Crippen LogP contribution >= 0.6 is 0 Å². The van der Waals surface area contributed by atoms with Gasteiger partial charge < -0.3 is 20.5 Å². The van der Waals surface area contributed by atoms with E-state index in [4.69, 9.17) is 15.2 Å². The molecule has 3 N–H and O–H groups in total. The monoisotopic (exact) mass is 288 g/mol. The fourth-order valence-corrected chi connectivity index (χ4v) is 1.82. The van der Waals surface area contributed by atoms with E-state index in [0.717, 1.165) is 0 Å². The zero-order valence-electron chi connectivity index (χ0n) is 14.0. The van der Waals surface area contributed by atoms with Gasteiger partial charge in [-0.1, -0.05) is 13.8 Å². The number of nitrogens with two attached hydrogens (primary N) is 1. The first-order chi connectivity index (χ1) is 9.03. The fraction of sp³-hybridized carbons (Fsp3) is 0.933. The van der Waals surface area contributed by atoms with Gasteiger partial charge in [-0.25, -0.2) is 4.79 Å². The lowest BCUT2D eigenvalue weighted by atomic mass is 9.89. The van der Waals surface area contributed by atoms with Crippen molar-refractivity contribution in [2.45, 2.75) is 66.2 Å². The van der Waals surface area contributed by atoms with Crippen LogP contribution in [-0.2, 0) is 9.47 Å². The third kappa shape index (κ3) is 9.15. The molecule has 0 rings (SSSR count). The van der Waals surface area contributed by atoms with Crippen LogP contribution in [0, 0.1) is 11.8 Å². The van der Waals surface area contributed by atoms with Gasteiger partial charge in [-0.15, -0.1) is 0 Å². The summed E-state index contributed by atoms with van der Waals surface area (Å²) < 4.78 is 10.8. The summed E-state index contributed by atoms with van der Waals surface area (Å²) in [5.74, 6) is 0.511. The van der Waals surface area contributed by atoms with Crippen molar-refractivity contribution in [2.75, 3.05) is 13.2 Å². The van der Waals surface area contributed by atoms with E-state index in [2.05, 4.69) is 19.2 Å². The maximum Gasteiger partial charge on any atom is 0.407 e. The number of rotatable bonds is 7. The van der Waals surface area contributed by atoms with E-state index in [0.29, 0.717) is 19.1 Å². The van der Waals surface area contributed by atoms with Crippen molar-refractivity contribution in [3.63, 3.8) is 0 Å². The van der Waals surface area contributed by atoms with Gasteiger partial charge in [0.05, 0.1) is 12.7 Å². The van der Waals surface area contributed by atoms with Gasteiger partial charge >= 0.3 is 6.09 Å². The highest BCUT2D eigenvalue weighted by Gasteiger charge is 2.24. The second kappa shape index (κ2) is 8.47. The Labute approximate surface area is 123 Å². The summed E-state index contributed by atoms with van der Waals surface area (Å²) in [5.41, 5.74) is 5.68. The smallest absolute Gasteiger partial charge is 0.407 e.